The molecule has 5 nitrogen and oxygen atoms in total. The molecule has 0 amide bonds. The Hall–Kier alpha value is -2.17. The molecule has 0 aliphatic heterocycles. The molecular weight excluding hydrogens is 254 g/mol. The molecule has 1 aromatic carbocycles. The van der Waals surface area contributed by atoms with Crippen molar-refractivity contribution < 1.29 is 9.47 Å². The van der Waals surface area contributed by atoms with Gasteiger partial charge in [-0.05, 0) is 19.1 Å². The Labute approximate surface area is 119 Å². The number of ether oxygens (including phenoxy) is 2. The Morgan fingerprint density at radius 3 is 2.45 bits per heavy atom. The van der Waals surface area contributed by atoms with Gasteiger partial charge in [0.15, 0.2) is 0 Å². The number of hydrogen-bond donors (Lipinski definition) is 1. The molecule has 2 rings (SSSR count). The summed E-state index contributed by atoms with van der Waals surface area (Å²) >= 11 is 0. The first-order chi connectivity index (χ1) is 9.65. The second-order valence-corrected chi connectivity index (χ2v) is 4.43. The van der Waals surface area contributed by atoms with Gasteiger partial charge in [-0.3, -0.25) is 0 Å². The second-order valence-electron chi connectivity index (χ2n) is 4.43. The average molecular weight is 275 g/mol. The van der Waals surface area contributed by atoms with Gasteiger partial charge in [-0.15, -0.1) is 0 Å². The number of aromatic nitrogens is 2. The van der Waals surface area contributed by atoms with Crippen LogP contribution in [0.5, 0.6) is 11.5 Å². The lowest BCUT2D eigenvalue weighted by Gasteiger charge is -2.09. The molecule has 5 heteroatoms. The van der Waals surface area contributed by atoms with E-state index in [9.17, 15) is 0 Å². The van der Waals surface area contributed by atoms with Gasteiger partial charge in [0.1, 0.15) is 28.8 Å². The first-order valence-electron chi connectivity index (χ1n) is 6.73. The SMILES string of the molecule is CCc1nc(-c2ccc(OC)cc2OC)c(N)n1CC. The van der Waals surface area contributed by atoms with Gasteiger partial charge in [-0.25, -0.2) is 4.98 Å². The predicted molar refractivity (Wildman–Crippen MR) is 80.2 cm³/mol. The average Bonchev–Trinajstić information content (AvgIpc) is 2.82. The number of imidazole rings is 1. The zero-order chi connectivity index (χ0) is 14.7. The summed E-state index contributed by atoms with van der Waals surface area (Å²) in [6, 6.07) is 5.65. The van der Waals surface area contributed by atoms with Crippen LogP contribution in [0.3, 0.4) is 0 Å². The van der Waals surface area contributed by atoms with E-state index in [0.717, 1.165) is 35.8 Å². The highest BCUT2D eigenvalue weighted by Crippen LogP contribution is 2.36. The number of hydrogen-bond acceptors (Lipinski definition) is 4. The fourth-order valence-electron chi connectivity index (χ4n) is 2.33. The van der Waals surface area contributed by atoms with Crippen molar-refractivity contribution >= 4 is 5.82 Å². The molecule has 2 aromatic rings. The Balaban J connectivity index is 2.59. The van der Waals surface area contributed by atoms with Crippen LogP contribution in [-0.2, 0) is 13.0 Å². The van der Waals surface area contributed by atoms with E-state index < -0.39 is 0 Å². The standard InChI is InChI=1S/C15H21N3O2/c1-5-13-17-14(15(16)18(13)6-2)11-8-7-10(19-3)9-12(11)20-4/h7-9H,5-6,16H2,1-4H3. The number of nitrogens with zero attached hydrogens (tertiary/aromatic N) is 2. The van der Waals surface area contributed by atoms with Crippen molar-refractivity contribution in [2.24, 2.45) is 0 Å². The zero-order valence-corrected chi connectivity index (χ0v) is 12.4. The molecule has 0 fully saturated rings. The Morgan fingerprint density at radius 2 is 1.95 bits per heavy atom. The van der Waals surface area contributed by atoms with Crippen molar-refractivity contribution in [2.75, 3.05) is 20.0 Å². The quantitative estimate of drug-likeness (QED) is 0.911. The lowest BCUT2D eigenvalue weighted by atomic mass is 10.1. The molecule has 0 saturated heterocycles. The minimum Gasteiger partial charge on any atom is -0.497 e. The summed E-state index contributed by atoms with van der Waals surface area (Å²) in [7, 11) is 3.26. The van der Waals surface area contributed by atoms with Crippen molar-refractivity contribution in [3.05, 3.63) is 24.0 Å². The highest BCUT2D eigenvalue weighted by Gasteiger charge is 2.17. The van der Waals surface area contributed by atoms with Crippen LogP contribution in [0.1, 0.15) is 19.7 Å². The van der Waals surface area contributed by atoms with Gasteiger partial charge >= 0.3 is 0 Å². The van der Waals surface area contributed by atoms with E-state index in [0.29, 0.717) is 11.6 Å². The van der Waals surface area contributed by atoms with E-state index in [1.165, 1.54) is 0 Å². The molecule has 108 valence electrons. The lowest BCUT2D eigenvalue weighted by molar-refractivity contribution is 0.395. The van der Waals surface area contributed by atoms with E-state index in [4.69, 9.17) is 15.2 Å². The number of aryl methyl sites for hydroxylation is 1. The molecule has 0 radical (unpaired) electrons. The molecule has 0 spiro atoms. The molecule has 1 aromatic heterocycles. The van der Waals surface area contributed by atoms with Crippen LogP contribution in [0.15, 0.2) is 18.2 Å². The van der Waals surface area contributed by atoms with Crippen molar-refractivity contribution in [1.29, 1.82) is 0 Å². The second kappa shape index (κ2) is 5.86. The van der Waals surface area contributed by atoms with Gasteiger partial charge in [0.25, 0.3) is 0 Å². The zero-order valence-electron chi connectivity index (χ0n) is 12.4. The van der Waals surface area contributed by atoms with Crippen LogP contribution < -0.4 is 15.2 Å². The summed E-state index contributed by atoms with van der Waals surface area (Å²) in [5.41, 5.74) is 7.88. The van der Waals surface area contributed by atoms with E-state index in [1.807, 2.05) is 22.8 Å². The third-order valence-corrected chi connectivity index (χ3v) is 3.38. The maximum atomic E-state index is 6.23. The number of nitrogen functional groups attached to an aromatic ring is 1. The molecule has 2 N–H and O–H groups in total. The normalized spacial score (nSPS) is 10.6. The molecule has 0 unspecified atom stereocenters. The highest BCUT2D eigenvalue weighted by molar-refractivity contribution is 5.77. The highest BCUT2D eigenvalue weighted by atomic mass is 16.5. The van der Waals surface area contributed by atoms with Crippen LogP contribution in [0.2, 0.25) is 0 Å². The largest absolute Gasteiger partial charge is 0.497 e. The molecule has 0 atom stereocenters. The summed E-state index contributed by atoms with van der Waals surface area (Å²) in [4.78, 5) is 4.65. The lowest BCUT2D eigenvalue weighted by Crippen LogP contribution is -2.04. The fraction of sp³-hybridized carbons (Fsp3) is 0.400. The van der Waals surface area contributed by atoms with E-state index in [-0.39, 0.29) is 0 Å². The maximum Gasteiger partial charge on any atom is 0.132 e. The van der Waals surface area contributed by atoms with Crippen LogP contribution in [0, 0.1) is 0 Å². The first kappa shape index (κ1) is 14.2. The van der Waals surface area contributed by atoms with Crippen molar-refractivity contribution in [2.45, 2.75) is 26.8 Å². The number of methoxy groups -OCH3 is 2. The minimum atomic E-state index is 0.674. The Bertz CT molecular complexity index is 605. The maximum absolute atomic E-state index is 6.23. The summed E-state index contributed by atoms with van der Waals surface area (Å²) in [5.74, 6) is 3.11. The molecule has 0 aliphatic rings. The van der Waals surface area contributed by atoms with Crippen LogP contribution in [0.25, 0.3) is 11.3 Å². The molecule has 0 bridgehead atoms. The Morgan fingerprint density at radius 1 is 1.20 bits per heavy atom. The van der Waals surface area contributed by atoms with E-state index in [1.54, 1.807) is 14.2 Å². The molecule has 0 saturated carbocycles. The first-order valence-corrected chi connectivity index (χ1v) is 6.73. The van der Waals surface area contributed by atoms with Gasteiger partial charge in [-0.2, -0.15) is 0 Å². The summed E-state index contributed by atoms with van der Waals surface area (Å²) in [6.45, 7) is 4.94. The van der Waals surface area contributed by atoms with Crippen LogP contribution >= 0.6 is 0 Å². The van der Waals surface area contributed by atoms with Gasteiger partial charge in [0.05, 0.1) is 14.2 Å². The number of rotatable bonds is 5. The molecule has 1 heterocycles. The monoisotopic (exact) mass is 275 g/mol. The molecular formula is C15H21N3O2. The summed E-state index contributed by atoms with van der Waals surface area (Å²) in [6.07, 6.45) is 0.844. The number of anilines is 1. The van der Waals surface area contributed by atoms with Crippen LogP contribution in [-0.4, -0.2) is 23.8 Å². The smallest absolute Gasteiger partial charge is 0.132 e. The van der Waals surface area contributed by atoms with Crippen molar-refractivity contribution in [3.63, 3.8) is 0 Å². The number of benzene rings is 1. The van der Waals surface area contributed by atoms with Gasteiger partial charge in [0.2, 0.25) is 0 Å². The Kier molecular flexibility index (Phi) is 4.17. The topological polar surface area (TPSA) is 62.3 Å². The third kappa shape index (κ3) is 2.31. The van der Waals surface area contributed by atoms with Crippen LogP contribution in [0.4, 0.5) is 5.82 Å². The summed E-state index contributed by atoms with van der Waals surface area (Å²) < 4.78 is 12.7. The van der Waals surface area contributed by atoms with Crippen molar-refractivity contribution in [1.82, 2.24) is 9.55 Å². The van der Waals surface area contributed by atoms with E-state index in [2.05, 4.69) is 18.8 Å². The van der Waals surface area contributed by atoms with Gasteiger partial charge < -0.3 is 19.8 Å². The summed E-state index contributed by atoms with van der Waals surface area (Å²) in [5, 5.41) is 0. The van der Waals surface area contributed by atoms with Crippen molar-refractivity contribution in [3.8, 4) is 22.8 Å². The number of nitrogens with two attached hydrogens (primary N) is 1. The minimum absolute atomic E-state index is 0.674. The van der Waals surface area contributed by atoms with E-state index >= 15 is 0 Å². The predicted octanol–water partition coefficient (Wildman–Crippen LogP) is 2.73. The third-order valence-electron chi connectivity index (χ3n) is 3.38. The molecule has 0 aliphatic carbocycles. The van der Waals surface area contributed by atoms with Gasteiger partial charge in [-0.1, -0.05) is 6.92 Å². The molecule has 20 heavy (non-hydrogen) atoms. The fourth-order valence-corrected chi connectivity index (χ4v) is 2.33. The van der Waals surface area contributed by atoms with Gasteiger partial charge in [0, 0.05) is 24.6 Å².